The Morgan fingerprint density at radius 1 is 1.65 bits per heavy atom. The second kappa shape index (κ2) is 4.45. The maximum Gasteiger partial charge on any atom is 0.302 e. The van der Waals surface area contributed by atoms with E-state index in [-0.39, 0.29) is 30.9 Å². The fourth-order valence-corrected chi connectivity index (χ4v) is 2.25. The van der Waals surface area contributed by atoms with Crippen molar-refractivity contribution in [2.24, 2.45) is 5.92 Å². The standard InChI is InChI=1S/C13H15FO3/c1-9(16)17-7-11-6-13(11,8-15)10-3-2-4-12(14)5-10/h2-5,11,15H,6-8H2,1H3/t11?,13-/m1/s1. The summed E-state index contributed by atoms with van der Waals surface area (Å²) in [5.74, 6) is -0.561. The third kappa shape index (κ3) is 2.31. The van der Waals surface area contributed by atoms with Crippen molar-refractivity contribution < 1.29 is 19.0 Å². The van der Waals surface area contributed by atoms with Crippen LogP contribution < -0.4 is 0 Å². The molecule has 1 aromatic rings. The molecule has 0 aliphatic heterocycles. The molecule has 2 atom stereocenters. The average Bonchev–Trinajstić information content (AvgIpc) is 3.01. The molecule has 1 unspecified atom stereocenters. The molecule has 1 fully saturated rings. The molecule has 0 radical (unpaired) electrons. The van der Waals surface area contributed by atoms with Gasteiger partial charge in [-0.25, -0.2) is 4.39 Å². The van der Waals surface area contributed by atoms with E-state index in [1.54, 1.807) is 12.1 Å². The fourth-order valence-electron chi connectivity index (χ4n) is 2.25. The molecular weight excluding hydrogens is 223 g/mol. The van der Waals surface area contributed by atoms with Crippen molar-refractivity contribution >= 4 is 5.97 Å². The number of ether oxygens (including phenoxy) is 1. The first-order valence-electron chi connectivity index (χ1n) is 5.59. The Bertz CT molecular complexity index is 432. The van der Waals surface area contributed by atoms with Crippen LogP contribution in [0.15, 0.2) is 24.3 Å². The van der Waals surface area contributed by atoms with Crippen molar-refractivity contribution in [1.29, 1.82) is 0 Å². The summed E-state index contributed by atoms with van der Waals surface area (Å²) < 4.78 is 18.1. The minimum atomic E-state index is -0.433. The van der Waals surface area contributed by atoms with Gasteiger partial charge in [-0.05, 0) is 24.1 Å². The molecule has 0 bridgehead atoms. The van der Waals surface area contributed by atoms with E-state index in [0.717, 1.165) is 12.0 Å². The lowest BCUT2D eigenvalue weighted by Crippen LogP contribution is -2.18. The largest absolute Gasteiger partial charge is 0.466 e. The lowest BCUT2D eigenvalue weighted by atomic mass is 9.94. The number of rotatable bonds is 4. The minimum absolute atomic E-state index is 0.0532. The van der Waals surface area contributed by atoms with Gasteiger partial charge in [0.15, 0.2) is 0 Å². The molecule has 0 spiro atoms. The molecule has 1 aliphatic rings. The van der Waals surface area contributed by atoms with Gasteiger partial charge in [0.05, 0.1) is 13.2 Å². The molecule has 1 aromatic carbocycles. The first-order chi connectivity index (χ1) is 8.08. The quantitative estimate of drug-likeness (QED) is 0.811. The van der Waals surface area contributed by atoms with Crippen LogP contribution in [0.1, 0.15) is 18.9 Å². The number of aliphatic hydroxyl groups excluding tert-OH is 1. The number of carbonyl (C=O) groups excluding carboxylic acids is 1. The second-order valence-electron chi connectivity index (χ2n) is 4.53. The molecular formula is C13H15FO3. The van der Waals surface area contributed by atoms with Crippen LogP contribution in [0.2, 0.25) is 0 Å². The summed E-state index contributed by atoms with van der Waals surface area (Å²) in [5, 5.41) is 9.47. The van der Waals surface area contributed by atoms with E-state index < -0.39 is 5.41 Å². The summed E-state index contributed by atoms with van der Waals surface area (Å²) in [6.45, 7) is 1.58. The molecule has 17 heavy (non-hydrogen) atoms. The van der Waals surface area contributed by atoms with E-state index in [0.29, 0.717) is 0 Å². The van der Waals surface area contributed by atoms with E-state index >= 15 is 0 Å². The summed E-state index contributed by atoms with van der Waals surface area (Å²) in [4.78, 5) is 10.7. The maximum absolute atomic E-state index is 13.1. The summed E-state index contributed by atoms with van der Waals surface area (Å²) in [6.07, 6.45) is 0.722. The fraction of sp³-hybridized carbons (Fsp3) is 0.462. The molecule has 2 rings (SSSR count). The van der Waals surface area contributed by atoms with E-state index in [1.165, 1.54) is 19.1 Å². The van der Waals surface area contributed by atoms with Gasteiger partial charge in [-0.2, -0.15) is 0 Å². The van der Waals surface area contributed by atoms with Crippen molar-refractivity contribution in [1.82, 2.24) is 0 Å². The van der Waals surface area contributed by atoms with Crippen LogP contribution in [0, 0.1) is 11.7 Å². The van der Waals surface area contributed by atoms with Crippen LogP contribution in [0.25, 0.3) is 0 Å². The van der Waals surface area contributed by atoms with Crippen LogP contribution in [0.3, 0.4) is 0 Å². The van der Waals surface area contributed by atoms with Gasteiger partial charge in [0.1, 0.15) is 5.82 Å². The first-order valence-corrected chi connectivity index (χ1v) is 5.59. The Balaban J connectivity index is 2.10. The summed E-state index contributed by atoms with van der Waals surface area (Å²) in [5.41, 5.74) is 0.342. The van der Waals surface area contributed by atoms with Gasteiger partial charge >= 0.3 is 5.97 Å². The normalized spacial score (nSPS) is 26.6. The zero-order chi connectivity index (χ0) is 12.5. The van der Waals surface area contributed by atoms with E-state index in [2.05, 4.69) is 0 Å². The molecule has 0 aromatic heterocycles. The van der Waals surface area contributed by atoms with Crippen LogP contribution in [0.4, 0.5) is 4.39 Å². The minimum Gasteiger partial charge on any atom is -0.466 e. The average molecular weight is 238 g/mol. The van der Waals surface area contributed by atoms with Crippen LogP contribution in [-0.2, 0) is 14.9 Å². The van der Waals surface area contributed by atoms with Gasteiger partial charge in [0, 0.05) is 18.3 Å². The highest BCUT2D eigenvalue weighted by Crippen LogP contribution is 2.54. The molecule has 1 aliphatic carbocycles. The van der Waals surface area contributed by atoms with Gasteiger partial charge in [-0.1, -0.05) is 12.1 Å². The van der Waals surface area contributed by atoms with Gasteiger partial charge in [0.2, 0.25) is 0 Å². The summed E-state index contributed by atoms with van der Waals surface area (Å²) in [6, 6.07) is 6.23. The molecule has 0 saturated heterocycles. The highest BCUT2D eigenvalue weighted by molar-refractivity contribution is 5.66. The predicted octanol–water partition coefficient (Wildman–Crippen LogP) is 1.64. The predicted molar refractivity (Wildman–Crippen MR) is 59.9 cm³/mol. The van der Waals surface area contributed by atoms with Crippen molar-refractivity contribution in [3.8, 4) is 0 Å². The Labute approximate surface area is 99.2 Å². The lowest BCUT2D eigenvalue weighted by Gasteiger charge is -2.15. The number of carbonyl (C=O) groups is 1. The van der Waals surface area contributed by atoms with Gasteiger partial charge in [-0.15, -0.1) is 0 Å². The number of halogens is 1. The number of hydrogen-bond acceptors (Lipinski definition) is 3. The third-order valence-electron chi connectivity index (χ3n) is 3.40. The number of benzene rings is 1. The Morgan fingerprint density at radius 2 is 2.41 bits per heavy atom. The van der Waals surface area contributed by atoms with Crippen molar-refractivity contribution in [3.05, 3.63) is 35.6 Å². The molecule has 0 amide bonds. The SMILES string of the molecule is CC(=O)OCC1C[C@@]1(CO)c1cccc(F)c1. The van der Waals surface area contributed by atoms with E-state index in [4.69, 9.17) is 4.74 Å². The van der Waals surface area contributed by atoms with Crippen molar-refractivity contribution in [2.75, 3.05) is 13.2 Å². The molecule has 0 heterocycles. The van der Waals surface area contributed by atoms with Crippen molar-refractivity contribution in [3.63, 3.8) is 0 Å². The molecule has 4 heteroatoms. The first kappa shape index (κ1) is 12.0. The Morgan fingerprint density at radius 3 is 3.00 bits per heavy atom. The van der Waals surface area contributed by atoms with E-state index in [9.17, 15) is 14.3 Å². The van der Waals surface area contributed by atoms with Crippen LogP contribution in [0.5, 0.6) is 0 Å². The monoisotopic (exact) mass is 238 g/mol. The highest BCUT2D eigenvalue weighted by atomic mass is 19.1. The van der Waals surface area contributed by atoms with Gasteiger partial charge in [0.25, 0.3) is 0 Å². The maximum atomic E-state index is 13.1. The number of aliphatic hydroxyl groups is 1. The molecule has 3 nitrogen and oxygen atoms in total. The number of esters is 1. The zero-order valence-corrected chi connectivity index (χ0v) is 9.65. The summed E-state index contributed by atoms with van der Waals surface area (Å²) in [7, 11) is 0. The van der Waals surface area contributed by atoms with Crippen LogP contribution >= 0.6 is 0 Å². The third-order valence-corrected chi connectivity index (χ3v) is 3.40. The Hall–Kier alpha value is -1.42. The van der Waals surface area contributed by atoms with Gasteiger partial charge in [-0.3, -0.25) is 4.79 Å². The Kier molecular flexibility index (Phi) is 3.15. The smallest absolute Gasteiger partial charge is 0.302 e. The highest BCUT2D eigenvalue weighted by Gasteiger charge is 2.55. The van der Waals surface area contributed by atoms with Gasteiger partial charge < -0.3 is 9.84 Å². The summed E-state index contributed by atoms with van der Waals surface area (Å²) >= 11 is 0. The molecule has 1 saturated carbocycles. The van der Waals surface area contributed by atoms with Crippen LogP contribution in [-0.4, -0.2) is 24.3 Å². The molecule has 1 N–H and O–H groups in total. The lowest BCUT2D eigenvalue weighted by molar-refractivity contribution is -0.141. The topological polar surface area (TPSA) is 46.5 Å². The zero-order valence-electron chi connectivity index (χ0n) is 9.65. The van der Waals surface area contributed by atoms with E-state index in [1.807, 2.05) is 0 Å². The second-order valence-corrected chi connectivity index (χ2v) is 4.53. The number of hydrogen-bond donors (Lipinski definition) is 1. The van der Waals surface area contributed by atoms with Crippen molar-refractivity contribution in [2.45, 2.75) is 18.8 Å². The molecule has 92 valence electrons.